The lowest BCUT2D eigenvalue weighted by Gasteiger charge is -2.33. The normalized spacial score (nSPS) is 16.0. The number of fused-ring (bicyclic) bond motifs is 1. The first kappa shape index (κ1) is 24.7. The highest BCUT2D eigenvalue weighted by molar-refractivity contribution is 6.31. The molecule has 0 saturated heterocycles. The molecular weight excluding hydrogens is 441 g/mol. The summed E-state index contributed by atoms with van der Waals surface area (Å²) in [5.74, 6) is -0.720. The Hall–Kier alpha value is -2.60. The second-order valence-corrected chi connectivity index (χ2v) is 7.72. The number of rotatable bonds is 5. The quantitative estimate of drug-likeness (QED) is 0.678. The lowest BCUT2D eigenvalue weighted by atomic mass is 9.98. The monoisotopic (exact) mass is 465 g/mol. The predicted molar refractivity (Wildman–Crippen MR) is 118 cm³/mol. The number of nitriles is 1. The second kappa shape index (κ2) is 10.1. The summed E-state index contributed by atoms with van der Waals surface area (Å²) in [4.78, 5) is 27.6. The first-order chi connectivity index (χ1) is 14.3. The van der Waals surface area contributed by atoms with Crippen LogP contribution in [0.25, 0.3) is 0 Å². The summed E-state index contributed by atoms with van der Waals surface area (Å²) >= 11 is 5.99. The minimum atomic E-state index is -0.480. The zero-order valence-corrected chi connectivity index (χ0v) is 19.2. The maximum absolute atomic E-state index is 13.2. The smallest absolute Gasteiger partial charge is 0.356 e. The number of hydrogen-bond acceptors (Lipinski definition) is 6. The summed E-state index contributed by atoms with van der Waals surface area (Å²) in [5.41, 5.74) is 8.20. The minimum absolute atomic E-state index is 0. The highest BCUT2D eigenvalue weighted by Crippen LogP contribution is 2.30. The second-order valence-electron chi connectivity index (χ2n) is 7.32. The number of esters is 1. The van der Waals surface area contributed by atoms with Crippen molar-refractivity contribution in [3.05, 3.63) is 51.3 Å². The van der Waals surface area contributed by atoms with Gasteiger partial charge >= 0.3 is 5.97 Å². The average Bonchev–Trinajstić information content (AvgIpc) is 3.10. The van der Waals surface area contributed by atoms with Gasteiger partial charge in [0.05, 0.1) is 35.5 Å². The number of amides is 1. The van der Waals surface area contributed by atoms with Gasteiger partial charge in [0.1, 0.15) is 6.07 Å². The molecule has 1 aliphatic rings. The highest BCUT2D eigenvalue weighted by Gasteiger charge is 2.35. The number of halogens is 2. The van der Waals surface area contributed by atoms with E-state index in [1.165, 1.54) is 6.07 Å². The SMILES string of the molecule is CCOC(=O)c1c2c(nn1C(C)CN)C[C@@H](C)N(C(=O)c1ccc(Cl)c(C#N)c1)C2.Cl. The van der Waals surface area contributed by atoms with E-state index in [0.29, 0.717) is 34.8 Å². The molecule has 2 atom stereocenters. The first-order valence-corrected chi connectivity index (χ1v) is 10.2. The molecule has 0 aliphatic carbocycles. The number of hydrogen-bond donors (Lipinski definition) is 1. The van der Waals surface area contributed by atoms with E-state index in [9.17, 15) is 14.9 Å². The van der Waals surface area contributed by atoms with Gasteiger partial charge < -0.3 is 15.4 Å². The molecule has 10 heteroatoms. The Bertz CT molecular complexity index is 1030. The number of carbonyl (C=O) groups excluding carboxylic acids is 2. The zero-order valence-electron chi connectivity index (χ0n) is 17.6. The van der Waals surface area contributed by atoms with Crippen LogP contribution in [0.4, 0.5) is 0 Å². The van der Waals surface area contributed by atoms with Crippen LogP contribution in [0.5, 0.6) is 0 Å². The number of ether oxygens (including phenoxy) is 1. The Morgan fingerprint density at radius 3 is 2.77 bits per heavy atom. The summed E-state index contributed by atoms with van der Waals surface area (Å²) in [7, 11) is 0. The van der Waals surface area contributed by atoms with Gasteiger partial charge in [-0.15, -0.1) is 12.4 Å². The fraction of sp³-hybridized carbons (Fsp3) is 0.429. The Labute approximate surface area is 192 Å². The molecule has 3 rings (SSSR count). The van der Waals surface area contributed by atoms with Gasteiger partial charge in [-0.3, -0.25) is 9.48 Å². The number of nitrogens with two attached hydrogens (primary N) is 1. The van der Waals surface area contributed by atoms with Crippen molar-refractivity contribution >= 4 is 35.9 Å². The summed E-state index contributed by atoms with van der Waals surface area (Å²) in [6, 6.07) is 6.28. The van der Waals surface area contributed by atoms with E-state index in [2.05, 4.69) is 5.10 Å². The Morgan fingerprint density at radius 2 is 2.16 bits per heavy atom. The van der Waals surface area contributed by atoms with Crippen molar-refractivity contribution in [1.82, 2.24) is 14.7 Å². The molecule has 2 N–H and O–H groups in total. The van der Waals surface area contributed by atoms with E-state index < -0.39 is 5.97 Å². The van der Waals surface area contributed by atoms with Gasteiger partial charge in [0, 0.05) is 30.1 Å². The molecule has 31 heavy (non-hydrogen) atoms. The standard InChI is InChI=1S/C21H24ClN5O3.ClH/c1-4-30-21(29)19-16-11-26(12(2)7-18(16)25-27(19)13(3)9-23)20(28)14-5-6-17(22)15(8-14)10-24;/h5-6,8,12-13H,4,7,9,11,23H2,1-3H3;1H/t12-,13?;/m1./s1. The van der Waals surface area contributed by atoms with E-state index in [0.717, 1.165) is 5.69 Å². The van der Waals surface area contributed by atoms with Crippen molar-refractivity contribution in [3.63, 3.8) is 0 Å². The summed E-state index contributed by atoms with van der Waals surface area (Å²) in [6.45, 7) is 6.30. The largest absolute Gasteiger partial charge is 0.461 e. The third-order valence-corrected chi connectivity index (χ3v) is 5.59. The first-order valence-electron chi connectivity index (χ1n) is 9.80. The molecule has 1 aromatic heterocycles. The molecule has 1 aromatic carbocycles. The molecule has 166 valence electrons. The van der Waals surface area contributed by atoms with Crippen molar-refractivity contribution in [1.29, 1.82) is 5.26 Å². The van der Waals surface area contributed by atoms with Crippen LogP contribution in [0, 0.1) is 11.3 Å². The van der Waals surface area contributed by atoms with E-state index in [1.807, 2.05) is 19.9 Å². The molecule has 1 aliphatic heterocycles. The third kappa shape index (κ3) is 4.69. The van der Waals surface area contributed by atoms with Crippen LogP contribution in [0.3, 0.4) is 0 Å². The molecular formula is C21H25Cl2N5O3. The van der Waals surface area contributed by atoms with E-state index in [4.69, 9.17) is 22.1 Å². The van der Waals surface area contributed by atoms with Crippen LogP contribution in [0.15, 0.2) is 18.2 Å². The molecule has 0 saturated carbocycles. The number of benzene rings is 1. The molecule has 2 aromatic rings. The van der Waals surface area contributed by atoms with Crippen LogP contribution in [-0.2, 0) is 17.7 Å². The van der Waals surface area contributed by atoms with Crippen molar-refractivity contribution in [2.75, 3.05) is 13.2 Å². The van der Waals surface area contributed by atoms with Gasteiger partial charge in [0.25, 0.3) is 5.91 Å². The summed E-state index contributed by atoms with van der Waals surface area (Å²) in [5, 5.41) is 14.1. The van der Waals surface area contributed by atoms with Gasteiger partial charge in [0.2, 0.25) is 0 Å². The fourth-order valence-electron chi connectivity index (χ4n) is 3.58. The number of carbonyl (C=O) groups is 2. The zero-order chi connectivity index (χ0) is 22.0. The van der Waals surface area contributed by atoms with Crippen LogP contribution in [-0.4, -0.2) is 45.8 Å². The van der Waals surface area contributed by atoms with Crippen molar-refractivity contribution in [3.8, 4) is 6.07 Å². The summed E-state index contributed by atoms with van der Waals surface area (Å²) in [6.07, 6.45) is 0.496. The van der Waals surface area contributed by atoms with Crippen LogP contribution >= 0.6 is 24.0 Å². The van der Waals surface area contributed by atoms with Gasteiger partial charge in [-0.25, -0.2) is 4.79 Å². The maximum Gasteiger partial charge on any atom is 0.356 e. The predicted octanol–water partition coefficient (Wildman–Crippen LogP) is 3.11. The van der Waals surface area contributed by atoms with Crippen molar-refractivity contribution in [2.24, 2.45) is 5.73 Å². The molecule has 0 spiro atoms. The van der Waals surface area contributed by atoms with Crippen molar-refractivity contribution < 1.29 is 14.3 Å². The lowest BCUT2D eigenvalue weighted by Crippen LogP contribution is -2.42. The van der Waals surface area contributed by atoms with Crippen LogP contribution in [0.1, 0.15) is 64.5 Å². The van der Waals surface area contributed by atoms with Crippen LogP contribution in [0.2, 0.25) is 5.02 Å². The maximum atomic E-state index is 13.2. The Balaban J connectivity index is 0.00000341. The van der Waals surface area contributed by atoms with Gasteiger partial charge in [-0.05, 0) is 39.0 Å². The molecule has 0 fully saturated rings. The third-order valence-electron chi connectivity index (χ3n) is 5.26. The highest BCUT2D eigenvalue weighted by atomic mass is 35.5. The Morgan fingerprint density at radius 1 is 1.45 bits per heavy atom. The Kier molecular flexibility index (Phi) is 8.07. The van der Waals surface area contributed by atoms with E-state index >= 15 is 0 Å². The fourth-order valence-corrected chi connectivity index (χ4v) is 3.74. The number of aromatic nitrogens is 2. The van der Waals surface area contributed by atoms with Gasteiger partial charge in [-0.1, -0.05) is 11.6 Å². The average molecular weight is 466 g/mol. The molecule has 0 bridgehead atoms. The molecule has 2 heterocycles. The topological polar surface area (TPSA) is 114 Å². The molecule has 1 amide bonds. The van der Waals surface area contributed by atoms with E-state index in [1.54, 1.807) is 28.6 Å². The molecule has 1 unspecified atom stereocenters. The molecule has 8 nitrogen and oxygen atoms in total. The lowest BCUT2D eigenvalue weighted by molar-refractivity contribution is 0.0500. The van der Waals surface area contributed by atoms with Gasteiger partial charge in [-0.2, -0.15) is 10.4 Å². The minimum Gasteiger partial charge on any atom is -0.461 e. The van der Waals surface area contributed by atoms with Gasteiger partial charge in [0.15, 0.2) is 5.69 Å². The number of nitrogens with zero attached hydrogens (tertiary/aromatic N) is 4. The summed E-state index contributed by atoms with van der Waals surface area (Å²) < 4.78 is 6.85. The molecule has 0 radical (unpaired) electrons. The van der Waals surface area contributed by atoms with Crippen LogP contribution < -0.4 is 5.73 Å². The van der Waals surface area contributed by atoms with Crippen molar-refractivity contribution in [2.45, 2.75) is 45.8 Å². The van der Waals surface area contributed by atoms with E-state index in [-0.39, 0.29) is 49.1 Å².